The lowest BCUT2D eigenvalue weighted by Crippen LogP contribution is -2.41. The minimum atomic E-state index is -0.567. The van der Waals surface area contributed by atoms with Crippen molar-refractivity contribution in [1.82, 2.24) is 5.32 Å². The first-order chi connectivity index (χ1) is 12.6. The van der Waals surface area contributed by atoms with Crippen molar-refractivity contribution in [2.45, 2.75) is 38.3 Å². The highest BCUT2D eigenvalue weighted by molar-refractivity contribution is 5.94. The molecule has 0 bridgehead atoms. The number of amides is 2. The summed E-state index contributed by atoms with van der Waals surface area (Å²) in [5.74, 6) is 0.0216. The van der Waals surface area contributed by atoms with E-state index in [0.29, 0.717) is 19.4 Å². The standard InChI is InChI=1S/C21H25N3O2.ClH/c22-19(14-16-6-2-1-3-7-16)21(26)23-15-17-9-11-18(12-10-17)24-13-5-4-8-20(24)25;/h1-3,6-7,9-12,19H,4-5,8,13-15,22H2,(H,23,26);1H/t19-;/m0./s1. The summed E-state index contributed by atoms with van der Waals surface area (Å²) in [7, 11) is 0. The van der Waals surface area contributed by atoms with Crippen LogP contribution >= 0.6 is 12.4 Å². The third-order valence-electron chi connectivity index (χ3n) is 4.67. The molecule has 1 fully saturated rings. The third-order valence-corrected chi connectivity index (χ3v) is 4.67. The monoisotopic (exact) mass is 387 g/mol. The molecule has 1 atom stereocenters. The second-order valence-electron chi connectivity index (χ2n) is 6.68. The van der Waals surface area contributed by atoms with Crippen molar-refractivity contribution in [3.63, 3.8) is 0 Å². The molecule has 0 aromatic heterocycles. The van der Waals surface area contributed by atoms with E-state index in [-0.39, 0.29) is 24.2 Å². The van der Waals surface area contributed by atoms with Crippen LogP contribution in [0.4, 0.5) is 5.69 Å². The van der Waals surface area contributed by atoms with Gasteiger partial charge in [-0.05, 0) is 42.5 Å². The lowest BCUT2D eigenvalue weighted by Gasteiger charge is -2.26. The van der Waals surface area contributed by atoms with Gasteiger partial charge in [-0.15, -0.1) is 12.4 Å². The van der Waals surface area contributed by atoms with Crippen LogP contribution in [0.3, 0.4) is 0 Å². The van der Waals surface area contributed by atoms with Crippen molar-refractivity contribution in [2.24, 2.45) is 5.73 Å². The number of hydrogen-bond donors (Lipinski definition) is 2. The number of nitrogens with two attached hydrogens (primary N) is 1. The van der Waals surface area contributed by atoms with E-state index in [1.54, 1.807) is 0 Å². The minimum absolute atomic E-state index is 0. The number of carbonyl (C=O) groups is 2. The van der Waals surface area contributed by atoms with Crippen LogP contribution in [0.15, 0.2) is 54.6 Å². The first-order valence-corrected chi connectivity index (χ1v) is 9.10. The average molecular weight is 388 g/mol. The molecule has 5 nitrogen and oxygen atoms in total. The molecule has 2 amide bonds. The summed E-state index contributed by atoms with van der Waals surface area (Å²) < 4.78 is 0. The molecule has 1 aliphatic heterocycles. The van der Waals surface area contributed by atoms with Crippen LogP contribution in [0.2, 0.25) is 0 Å². The molecule has 0 unspecified atom stereocenters. The Hall–Kier alpha value is -2.37. The number of nitrogens with zero attached hydrogens (tertiary/aromatic N) is 1. The van der Waals surface area contributed by atoms with Crippen molar-refractivity contribution in [2.75, 3.05) is 11.4 Å². The van der Waals surface area contributed by atoms with Crippen LogP contribution in [0, 0.1) is 0 Å². The molecular weight excluding hydrogens is 362 g/mol. The van der Waals surface area contributed by atoms with E-state index in [9.17, 15) is 9.59 Å². The molecule has 6 heteroatoms. The predicted molar refractivity (Wildman–Crippen MR) is 110 cm³/mol. The number of anilines is 1. The number of halogens is 1. The van der Waals surface area contributed by atoms with Crippen LogP contribution in [-0.4, -0.2) is 24.4 Å². The smallest absolute Gasteiger partial charge is 0.237 e. The fourth-order valence-electron chi connectivity index (χ4n) is 3.15. The fraction of sp³-hybridized carbons (Fsp3) is 0.333. The Morgan fingerprint density at radius 3 is 2.41 bits per heavy atom. The maximum Gasteiger partial charge on any atom is 0.237 e. The maximum atomic E-state index is 12.2. The Morgan fingerprint density at radius 2 is 1.74 bits per heavy atom. The molecule has 1 heterocycles. The summed E-state index contributed by atoms with van der Waals surface area (Å²) in [6.07, 6.45) is 3.16. The quantitative estimate of drug-likeness (QED) is 0.800. The fourth-order valence-corrected chi connectivity index (χ4v) is 3.15. The zero-order chi connectivity index (χ0) is 18.4. The van der Waals surface area contributed by atoms with Crippen LogP contribution in [0.25, 0.3) is 0 Å². The Morgan fingerprint density at radius 1 is 1.04 bits per heavy atom. The highest BCUT2D eigenvalue weighted by Crippen LogP contribution is 2.21. The SMILES string of the molecule is Cl.N[C@@H](Cc1ccccc1)C(=O)NCc1ccc(N2CCCCC2=O)cc1. The van der Waals surface area contributed by atoms with Crippen LogP contribution in [0.1, 0.15) is 30.4 Å². The second-order valence-corrected chi connectivity index (χ2v) is 6.68. The van der Waals surface area contributed by atoms with Gasteiger partial charge in [0.1, 0.15) is 0 Å². The Bertz CT molecular complexity index is 750. The van der Waals surface area contributed by atoms with E-state index >= 15 is 0 Å². The molecule has 144 valence electrons. The molecule has 1 aliphatic rings. The average Bonchev–Trinajstić information content (AvgIpc) is 2.68. The molecule has 0 spiro atoms. The summed E-state index contributed by atoms with van der Waals surface area (Å²) in [6, 6.07) is 17.0. The Labute approximate surface area is 166 Å². The Kier molecular flexibility index (Phi) is 7.82. The van der Waals surface area contributed by atoms with Gasteiger partial charge in [-0.3, -0.25) is 9.59 Å². The molecule has 1 saturated heterocycles. The minimum Gasteiger partial charge on any atom is -0.351 e. The van der Waals surface area contributed by atoms with E-state index in [2.05, 4.69) is 5.32 Å². The summed E-state index contributed by atoms with van der Waals surface area (Å²) in [5, 5.41) is 2.88. The van der Waals surface area contributed by atoms with Gasteiger partial charge in [0.05, 0.1) is 6.04 Å². The molecule has 0 saturated carbocycles. The number of benzene rings is 2. The number of nitrogens with one attached hydrogen (secondary N) is 1. The lowest BCUT2D eigenvalue weighted by molar-refractivity contribution is -0.122. The first-order valence-electron chi connectivity index (χ1n) is 9.10. The van der Waals surface area contributed by atoms with Crippen LogP contribution in [0.5, 0.6) is 0 Å². The van der Waals surface area contributed by atoms with Crippen molar-refractivity contribution >= 4 is 29.9 Å². The lowest BCUT2D eigenvalue weighted by atomic mass is 10.1. The summed E-state index contributed by atoms with van der Waals surface area (Å²) in [6.45, 7) is 1.21. The van der Waals surface area contributed by atoms with Crippen LogP contribution in [-0.2, 0) is 22.6 Å². The second kappa shape index (κ2) is 10.1. The topological polar surface area (TPSA) is 75.4 Å². The van der Waals surface area contributed by atoms with E-state index in [1.165, 1.54) is 0 Å². The summed E-state index contributed by atoms with van der Waals surface area (Å²) in [5.41, 5.74) is 8.95. The first kappa shape index (κ1) is 20.9. The molecule has 27 heavy (non-hydrogen) atoms. The zero-order valence-corrected chi connectivity index (χ0v) is 16.1. The molecule has 3 N–H and O–H groups in total. The zero-order valence-electron chi connectivity index (χ0n) is 15.3. The third kappa shape index (κ3) is 5.81. The molecule has 2 aromatic carbocycles. The highest BCUT2D eigenvalue weighted by atomic mass is 35.5. The molecule has 0 aliphatic carbocycles. The van der Waals surface area contributed by atoms with Gasteiger partial charge in [-0.2, -0.15) is 0 Å². The van der Waals surface area contributed by atoms with Crippen molar-refractivity contribution in [3.05, 3.63) is 65.7 Å². The largest absolute Gasteiger partial charge is 0.351 e. The molecule has 0 radical (unpaired) electrons. The number of piperidine rings is 1. The van der Waals surface area contributed by atoms with Crippen molar-refractivity contribution in [1.29, 1.82) is 0 Å². The predicted octanol–water partition coefficient (Wildman–Crippen LogP) is 2.81. The van der Waals surface area contributed by atoms with E-state index < -0.39 is 6.04 Å². The summed E-state index contributed by atoms with van der Waals surface area (Å²) >= 11 is 0. The molecule has 2 aromatic rings. The van der Waals surface area contributed by atoms with E-state index in [4.69, 9.17) is 5.73 Å². The number of hydrogen-bond acceptors (Lipinski definition) is 3. The van der Waals surface area contributed by atoms with Gasteiger partial charge in [0.2, 0.25) is 11.8 Å². The molecule has 3 rings (SSSR count). The highest BCUT2D eigenvalue weighted by Gasteiger charge is 2.19. The number of carbonyl (C=O) groups excluding carboxylic acids is 2. The van der Waals surface area contributed by atoms with E-state index in [0.717, 1.165) is 36.2 Å². The van der Waals surface area contributed by atoms with Gasteiger partial charge in [0.25, 0.3) is 0 Å². The number of rotatable bonds is 6. The van der Waals surface area contributed by atoms with Gasteiger partial charge in [-0.1, -0.05) is 42.5 Å². The van der Waals surface area contributed by atoms with Gasteiger partial charge in [-0.25, -0.2) is 0 Å². The van der Waals surface area contributed by atoms with Gasteiger partial charge >= 0.3 is 0 Å². The Balaban J connectivity index is 0.00000261. The van der Waals surface area contributed by atoms with Crippen molar-refractivity contribution < 1.29 is 9.59 Å². The van der Waals surface area contributed by atoms with Crippen molar-refractivity contribution in [3.8, 4) is 0 Å². The van der Waals surface area contributed by atoms with Gasteiger partial charge < -0.3 is 16.0 Å². The van der Waals surface area contributed by atoms with Gasteiger partial charge in [0, 0.05) is 25.2 Å². The van der Waals surface area contributed by atoms with Gasteiger partial charge in [0.15, 0.2) is 0 Å². The van der Waals surface area contributed by atoms with E-state index in [1.807, 2.05) is 59.5 Å². The van der Waals surface area contributed by atoms with Crippen LogP contribution < -0.4 is 16.0 Å². The maximum absolute atomic E-state index is 12.2. The molecular formula is C21H26ClN3O2. The summed E-state index contributed by atoms with van der Waals surface area (Å²) in [4.78, 5) is 26.0. The normalized spacial score (nSPS) is 15.0.